The van der Waals surface area contributed by atoms with Crippen LogP contribution in [0.1, 0.15) is 18.2 Å². The molecule has 5 heteroatoms. The summed E-state index contributed by atoms with van der Waals surface area (Å²) >= 11 is 0. The second kappa shape index (κ2) is 7.12. The van der Waals surface area contributed by atoms with Crippen LogP contribution in [0, 0.1) is 0 Å². The third-order valence-electron chi connectivity index (χ3n) is 3.95. The number of carbonyl (C=O) groups excluding carboxylic acids is 1. The molecule has 0 bridgehead atoms. The summed E-state index contributed by atoms with van der Waals surface area (Å²) in [5, 5.41) is 0. The molecule has 3 rings (SSSR count). The van der Waals surface area contributed by atoms with Gasteiger partial charge in [0, 0.05) is 23.2 Å². The molecule has 0 radical (unpaired) electrons. The molecule has 0 aliphatic carbocycles. The van der Waals surface area contributed by atoms with Gasteiger partial charge < -0.3 is 0 Å². The number of aromatic nitrogens is 1. The third kappa shape index (κ3) is 3.99. The fraction of sp³-hybridized carbons (Fsp3) is 0.143. The molecule has 2 aromatic carbocycles. The number of pyridine rings is 1. The molecule has 132 valence electrons. The van der Waals surface area contributed by atoms with Crippen LogP contribution in [0.5, 0.6) is 0 Å². The van der Waals surface area contributed by atoms with Gasteiger partial charge in [-0.15, -0.1) is 0 Å². The minimum Gasteiger partial charge on any atom is -0.300 e. The Kier molecular flexibility index (Phi) is 4.89. The zero-order valence-corrected chi connectivity index (χ0v) is 14.0. The zero-order valence-electron chi connectivity index (χ0n) is 14.0. The summed E-state index contributed by atoms with van der Waals surface area (Å²) in [7, 11) is 0. The lowest BCUT2D eigenvalue weighted by molar-refractivity contribution is -0.137. The lowest BCUT2D eigenvalue weighted by atomic mass is 9.97. The molecule has 0 amide bonds. The molecule has 0 N–H and O–H groups in total. The van der Waals surface area contributed by atoms with Crippen LogP contribution in [0.25, 0.3) is 22.4 Å². The first-order valence-corrected chi connectivity index (χ1v) is 8.07. The van der Waals surface area contributed by atoms with E-state index in [2.05, 4.69) is 4.98 Å². The summed E-state index contributed by atoms with van der Waals surface area (Å²) in [6.45, 7) is 1.48. The number of ketones is 1. The largest absolute Gasteiger partial charge is 0.416 e. The predicted molar refractivity (Wildman–Crippen MR) is 94.5 cm³/mol. The Hall–Kier alpha value is -2.95. The number of rotatable bonds is 4. The number of hydrogen-bond acceptors (Lipinski definition) is 2. The number of carbonyl (C=O) groups is 1. The highest BCUT2D eigenvalue weighted by Crippen LogP contribution is 2.34. The van der Waals surface area contributed by atoms with Crippen molar-refractivity contribution in [2.24, 2.45) is 0 Å². The Morgan fingerprint density at radius 1 is 0.885 bits per heavy atom. The van der Waals surface area contributed by atoms with Crippen molar-refractivity contribution in [3.05, 3.63) is 78.0 Å². The Morgan fingerprint density at radius 3 is 2.12 bits per heavy atom. The number of hydrogen-bond donors (Lipinski definition) is 0. The zero-order chi connectivity index (χ0) is 18.7. The van der Waals surface area contributed by atoms with Gasteiger partial charge in [0.1, 0.15) is 5.78 Å². The minimum absolute atomic E-state index is 0.0247. The summed E-state index contributed by atoms with van der Waals surface area (Å²) in [6.07, 6.45) is -4.20. The maximum Gasteiger partial charge on any atom is 0.416 e. The second-order valence-corrected chi connectivity index (χ2v) is 6.02. The Bertz CT molecular complexity index is 916. The molecule has 0 fully saturated rings. The molecular weight excluding hydrogens is 339 g/mol. The normalized spacial score (nSPS) is 11.4. The van der Waals surface area contributed by atoms with Crippen LogP contribution in [-0.4, -0.2) is 10.8 Å². The van der Waals surface area contributed by atoms with Crippen molar-refractivity contribution >= 4 is 5.78 Å². The second-order valence-electron chi connectivity index (χ2n) is 6.02. The standard InChI is InChI=1S/C21H16F3NO/c1-14(26)13-18-11-12-19(15-5-3-2-4-6-15)20(25-18)16-7-9-17(10-8-16)21(22,23)24/h2-12H,13H2,1H3. The van der Waals surface area contributed by atoms with Gasteiger partial charge in [-0.05, 0) is 30.7 Å². The molecule has 0 aliphatic heterocycles. The van der Waals surface area contributed by atoms with Crippen molar-refractivity contribution in [2.45, 2.75) is 19.5 Å². The van der Waals surface area contributed by atoms with E-state index in [-0.39, 0.29) is 12.2 Å². The van der Waals surface area contributed by atoms with Gasteiger partial charge in [0.25, 0.3) is 0 Å². The molecular formula is C21H16F3NO. The Morgan fingerprint density at radius 2 is 1.54 bits per heavy atom. The third-order valence-corrected chi connectivity index (χ3v) is 3.95. The number of benzene rings is 2. The van der Waals surface area contributed by atoms with Gasteiger partial charge in [-0.3, -0.25) is 9.78 Å². The molecule has 1 heterocycles. The highest BCUT2D eigenvalue weighted by Gasteiger charge is 2.30. The monoisotopic (exact) mass is 355 g/mol. The molecule has 0 atom stereocenters. The molecule has 0 aliphatic rings. The molecule has 26 heavy (non-hydrogen) atoms. The van der Waals surface area contributed by atoms with Gasteiger partial charge in [-0.25, -0.2) is 0 Å². The van der Waals surface area contributed by atoms with E-state index in [1.165, 1.54) is 19.1 Å². The first-order chi connectivity index (χ1) is 12.3. The van der Waals surface area contributed by atoms with Crippen LogP contribution < -0.4 is 0 Å². The molecule has 0 spiro atoms. The van der Waals surface area contributed by atoms with Gasteiger partial charge in [0.15, 0.2) is 0 Å². The van der Waals surface area contributed by atoms with Crippen LogP contribution in [-0.2, 0) is 17.4 Å². The van der Waals surface area contributed by atoms with Crippen LogP contribution in [0.15, 0.2) is 66.7 Å². The number of Topliss-reactive ketones (excluding diaryl/α,β-unsaturated/α-hetero) is 1. The SMILES string of the molecule is CC(=O)Cc1ccc(-c2ccccc2)c(-c2ccc(C(F)(F)F)cc2)n1. The van der Waals surface area contributed by atoms with E-state index in [4.69, 9.17) is 0 Å². The van der Waals surface area contributed by atoms with E-state index in [9.17, 15) is 18.0 Å². The lowest BCUT2D eigenvalue weighted by Gasteiger charge is -2.13. The first-order valence-electron chi connectivity index (χ1n) is 8.07. The van der Waals surface area contributed by atoms with Crippen molar-refractivity contribution < 1.29 is 18.0 Å². The molecule has 2 nitrogen and oxygen atoms in total. The Balaban J connectivity index is 2.12. The maximum atomic E-state index is 12.8. The summed E-state index contributed by atoms with van der Waals surface area (Å²) in [5.74, 6) is -0.0247. The molecule has 3 aromatic rings. The van der Waals surface area contributed by atoms with Gasteiger partial charge in [0.2, 0.25) is 0 Å². The lowest BCUT2D eigenvalue weighted by Crippen LogP contribution is -2.04. The van der Waals surface area contributed by atoms with Crippen molar-refractivity contribution in [1.82, 2.24) is 4.98 Å². The van der Waals surface area contributed by atoms with Crippen LogP contribution >= 0.6 is 0 Å². The summed E-state index contributed by atoms with van der Waals surface area (Å²) in [4.78, 5) is 16.0. The number of halogens is 3. The highest BCUT2D eigenvalue weighted by atomic mass is 19.4. The fourth-order valence-corrected chi connectivity index (χ4v) is 2.74. The van der Waals surface area contributed by atoms with Crippen LogP contribution in [0.2, 0.25) is 0 Å². The minimum atomic E-state index is -4.38. The van der Waals surface area contributed by atoms with Crippen LogP contribution in [0.4, 0.5) is 13.2 Å². The Labute approximate surface area is 149 Å². The van der Waals surface area contributed by atoms with Gasteiger partial charge in [-0.1, -0.05) is 48.5 Å². The smallest absolute Gasteiger partial charge is 0.300 e. The quantitative estimate of drug-likeness (QED) is 0.613. The number of alkyl halides is 3. The van der Waals surface area contributed by atoms with E-state index in [1.807, 2.05) is 36.4 Å². The van der Waals surface area contributed by atoms with E-state index in [0.717, 1.165) is 23.3 Å². The first kappa shape index (κ1) is 17.9. The average Bonchev–Trinajstić information content (AvgIpc) is 2.61. The van der Waals surface area contributed by atoms with E-state index >= 15 is 0 Å². The maximum absolute atomic E-state index is 12.8. The topological polar surface area (TPSA) is 30.0 Å². The summed E-state index contributed by atoms with van der Waals surface area (Å²) < 4.78 is 38.5. The fourth-order valence-electron chi connectivity index (χ4n) is 2.74. The summed E-state index contributed by atoms with van der Waals surface area (Å²) in [5.41, 5.74) is 2.72. The number of nitrogens with zero attached hydrogens (tertiary/aromatic N) is 1. The van der Waals surface area contributed by atoms with E-state index in [0.29, 0.717) is 17.0 Å². The predicted octanol–water partition coefficient (Wildman–Crippen LogP) is 5.57. The molecule has 0 saturated carbocycles. The summed E-state index contributed by atoms with van der Waals surface area (Å²) in [6, 6.07) is 18.0. The van der Waals surface area contributed by atoms with E-state index in [1.54, 1.807) is 6.07 Å². The van der Waals surface area contributed by atoms with Crippen molar-refractivity contribution in [1.29, 1.82) is 0 Å². The van der Waals surface area contributed by atoms with Gasteiger partial charge in [-0.2, -0.15) is 13.2 Å². The van der Waals surface area contributed by atoms with E-state index < -0.39 is 11.7 Å². The van der Waals surface area contributed by atoms with Crippen LogP contribution in [0.3, 0.4) is 0 Å². The highest BCUT2D eigenvalue weighted by molar-refractivity contribution is 5.82. The average molecular weight is 355 g/mol. The molecule has 0 saturated heterocycles. The van der Waals surface area contributed by atoms with Gasteiger partial charge >= 0.3 is 6.18 Å². The van der Waals surface area contributed by atoms with Crippen molar-refractivity contribution in [3.63, 3.8) is 0 Å². The molecule has 0 unspecified atom stereocenters. The van der Waals surface area contributed by atoms with Crippen molar-refractivity contribution in [2.75, 3.05) is 0 Å². The molecule has 1 aromatic heterocycles. The van der Waals surface area contributed by atoms with Crippen molar-refractivity contribution in [3.8, 4) is 22.4 Å². The van der Waals surface area contributed by atoms with Gasteiger partial charge in [0.05, 0.1) is 11.3 Å².